The highest BCUT2D eigenvalue weighted by Gasteiger charge is 2.31. The van der Waals surface area contributed by atoms with Crippen molar-refractivity contribution in [2.75, 3.05) is 55.1 Å². The monoisotopic (exact) mass is 475 g/mol. The smallest absolute Gasteiger partial charge is 0.399 e. The molecule has 8 nitrogen and oxygen atoms in total. The van der Waals surface area contributed by atoms with Crippen LogP contribution in [0.25, 0.3) is 10.9 Å². The van der Waals surface area contributed by atoms with Gasteiger partial charge in [0.2, 0.25) is 5.95 Å². The summed E-state index contributed by atoms with van der Waals surface area (Å²) in [6.07, 6.45) is -0.262. The van der Waals surface area contributed by atoms with Gasteiger partial charge in [-0.25, -0.2) is 9.97 Å². The molecule has 1 saturated heterocycles. The molecule has 1 fully saturated rings. The van der Waals surface area contributed by atoms with Crippen LogP contribution in [0.1, 0.15) is 24.0 Å². The fourth-order valence-corrected chi connectivity index (χ4v) is 4.11. The van der Waals surface area contributed by atoms with Crippen LogP contribution in [-0.4, -0.2) is 54.8 Å². The number of fused-ring (bicyclic) bond motifs is 1. The summed E-state index contributed by atoms with van der Waals surface area (Å²) < 4.78 is 44.8. The number of alkyl halides is 3. The van der Waals surface area contributed by atoms with Crippen molar-refractivity contribution < 1.29 is 17.9 Å². The Labute approximate surface area is 195 Å². The van der Waals surface area contributed by atoms with E-state index in [4.69, 9.17) is 10.5 Å². The number of rotatable bonds is 7. The number of benzene rings is 1. The van der Waals surface area contributed by atoms with Crippen LogP contribution in [0.5, 0.6) is 0 Å². The molecule has 0 unspecified atom stereocenters. The Kier molecular flexibility index (Phi) is 6.92. The molecule has 0 atom stereocenters. The van der Waals surface area contributed by atoms with Gasteiger partial charge < -0.3 is 26.0 Å². The molecular formula is C23H28F3N7O. The minimum absolute atomic E-state index is 0.0859. The molecule has 34 heavy (non-hydrogen) atoms. The van der Waals surface area contributed by atoms with Gasteiger partial charge in [0, 0.05) is 44.9 Å². The summed E-state index contributed by atoms with van der Waals surface area (Å²) in [5.41, 5.74) is 6.19. The molecule has 3 aromatic rings. The van der Waals surface area contributed by atoms with Gasteiger partial charge in [-0.15, -0.1) is 0 Å². The maximum Gasteiger partial charge on any atom is 0.416 e. The molecule has 1 aliphatic heterocycles. The van der Waals surface area contributed by atoms with Crippen LogP contribution in [0.2, 0.25) is 0 Å². The lowest BCUT2D eigenvalue weighted by Crippen LogP contribution is -2.37. The Morgan fingerprint density at radius 3 is 2.59 bits per heavy atom. The Hall–Kier alpha value is -3.34. The molecule has 4 rings (SSSR count). The van der Waals surface area contributed by atoms with E-state index in [1.807, 2.05) is 6.07 Å². The Morgan fingerprint density at radius 2 is 1.91 bits per heavy atom. The van der Waals surface area contributed by atoms with E-state index in [-0.39, 0.29) is 11.8 Å². The lowest BCUT2D eigenvalue weighted by atomic mass is 10.1. The number of halogens is 3. The third-order valence-electron chi connectivity index (χ3n) is 5.94. The Bertz CT molecular complexity index is 1150. The molecule has 4 N–H and O–H groups in total. The van der Waals surface area contributed by atoms with Gasteiger partial charge in [-0.2, -0.15) is 18.2 Å². The first-order valence-corrected chi connectivity index (χ1v) is 11.1. The van der Waals surface area contributed by atoms with E-state index in [1.54, 1.807) is 26.4 Å². The first-order valence-electron chi connectivity index (χ1n) is 11.1. The van der Waals surface area contributed by atoms with Gasteiger partial charge >= 0.3 is 6.18 Å². The molecule has 0 spiro atoms. The van der Waals surface area contributed by atoms with E-state index < -0.39 is 11.7 Å². The summed E-state index contributed by atoms with van der Waals surface area (Å²) in [4.78, 5) is 15.8. The van der Waals surface area contributed by atoms with Crippen LogP contribution >= 0.6 is 0 Å². The topological polar surface area (TPSA) is 101 Å². The number of nitrogens with two attached hydrogens (primary N) is 1. The van der Waals surface area contributed by atoms with Crippen molar-refractivity contribution in [3.05, 3.63) is 41.6 Å². The van der Waals surface area contributed by atoms with Gasteiger partial charge in [-0.1, -0.05) is 0 Å². The molecule has 0 radical (unpaired) electrons. The molecule has 2 aromatic heterocycles. The molecule has 0 saturated carbocycles. The summed E-state index contributed by atoms with van der Waals surface area (Å²) >= 11 is 0. The highest BCUT2D eigenvalue weighted by Crippen LogP contribution is 2.32. The number of nitrogens with one attached hydrogen (secondary N) is 2. The number of nitrogen functional groups attached to an aromatic ring is 1. The molecule has 3 heterocycles. The third-order valence-corrected chi connectivity index (χ3v) is 5.94. The molecule has 0 aliphatic carbocycles. The van der Waals surface area contributed by atoms with Crippen LogP contribution in [0, 0.1) is 0 Å². The van der Waals surface area contributed by atoms with Crippen molar-refractivity contribution in [3.63, 3.8) is 0 Å². The fraction of sp³-hybridized carbons (Fsp3) is 0.435. The SMILES string of the molecule is CNc1nc(NCCc2cc(N)cc(C(F)(F)F)c2)c2cc(N3CCC(OC)CC3)ncc2n1. The molecule has 182 valence electrons. The molecule has 0 amide bonds. The fourth-order valence-electron chi connectivity index (χ4n) is 4.11. The lowest BCUT2D eigenvalue weighted by Gasteiger charge is -2.32. The number of ether oxygens (including phenoxy) is 1. The van der Waals surface area contributed by atoms with Gasteiger partial charge in [0.05, 0.1) is 23.4 Å². The summed E-state index contributed by atoms with van der Waals surface area (Å²) in [5, 5.41) is 6.98. The predicted molar refractivity (Wildman–Crippen MR) is 127 cm³/mol. The second-order valence-corrected chi connectivity index (χ2v) is 8.27. The van der Waals surface area contributed by atoms with Gasteiger partial charge in [0.25, 0.3) is 0 Å². The molecular weight excluding hydrogens is 447 g/mol. The number of aromatic nitrogens is 3. The second-order valence-electron chi connectivity index (χ2n) is 8.27. The van der Waals surface area contributed by atoms with E-state index in [0.29, 0.717) is 35.8 Å². The van der Waals surface area contributed by atoms with Crippen LogP contribution in [0.3, 0.4) is 0 Å². The van der Waals surface area contributed by atoms with Gasteiger partial charge in [-0.05, 0) is 49.1 Å². The average Bonchev–Trinajstić information content (AvgIpc) is 2.82. The number of piperidine rings is 1. The lowest BCUT2D eigenvalue weighted by molar-refractivity contribution is -0.137. The maximum atomic E-state index is 13.1. The Balaban J connectivity index is 1.55. The number of nitrogens with zero attached hydrogens (tertiary/aromatic N) is 4. The quantitative estimate of drug-likeness (QED) is 0.442. The minimum atomic E-state index is -4.44. The molecule has 1 aliphatic rings. The zero-order valence-electron chi connectivity index (χ0n) is 19.1. The zero-order valence-corrected chi connectivity index (χ0v) is 19.1. The molecule has 1 aromatic carbocycles. The molecule has 0 bridgehead atoms. The summed E-state index contributed by atoms with van der Waals surface area (Å²) in [7, 11) is 3.45. The highest BCUT2D eigenvalue weighted by molar-refractivity contribution is 5.91. The summed E-state index contributed by atoms with van der Waals surface area (Å²) in [6, 6.07) is 5.57. The van der Waals surface area contributed by atoms with Crippen LogP contribution in [0.4, 0.5) is 36.4 Å². The van der Waals surface area contributed by atoms with Crippen LogP contribution in [0.15, 0.2) is 30.5 Å². The van der Waals surface area contributed by atoms with Gasteiger partial charge in [-0.3, -0.25) is 0 Å². The van der Waals surface area contributed by atoms with E-state index in [9.17, 15) is 13.2 Å². The first-order chi connectivity index (χ1) is 16.3. The number of pyridine rings is 1. The number of hydrogen-bond acceptors (Lipinski definition) is 8. The maximum absolute atomic E-state index is 13.1. The number of anilines is 4. The van der Waals surface area contributed by atoms with E-state index in [2.05, 4.69) is 30.5 Å². The molecule has 11 heteroatoms. The zero-order chi connectivity index (χ0) is 24.3. The van der Waals surface area contributed by atoms with Crippen LogP contribution in [-0.2, 0) is 17.3 Å². The van der Waals surface area contributed by atoms with Crippen molar-refractivity contribution in [1.29, 1.82) is 0 Å². The standard InChI is InChI=1S/C23H28F3N7O/c1-28-22-31-19-13-30-20(33-7-4-17(34-2)5-8-33)12-18(19)21(32-22)29-6-3-14-9-15(23(24,25)26)11-16(27)10-14/h9-13,17H,3-8,27H2,1-2H3,(H2,28,29,31,32). The minimum Gasteiger partial charge on any atom is -0.399 e. The normalized spacial score (nSPS) is 15.0. The van der Waals surface area contributed by atoms with E-state index in [0.717, 1.165) is 49.3 Å². The van der Waals surface area contributed by atoms with Gasteiger partial charge in [0.1, 0.15) is 11.6 Å². The van der Waals surface area contributed by atoms with E-state index in [1.165, 1.54) is 0 Å². The van der Waals surface area contributed by atoms with Crippen molar-refractivity contribution >= 4 is 34.2 Å². The van der Waals surface area contributed by atoms with Crippen molar-refractivity contribution in [3.8, 4) is 0 Å². The van der Waals surface area contributed by atoms with Crippen molar-refractivity contribution in [1.82, 2.24) is 15.0 Å². The predicted octanol–water partition coefficient (Wildman–Crippen LogP) is 3.94. The van der Waals surface area contributed by atoms with Crippen molar-refractivity contribution in [2.45, 2.75) is 31.5 Å². The second kappa shape index (κ2) is 9.88. The number of methoxy groups -OCH3 is 1. The highest BCUT2D eigenvalue weighted by atomic mass is 19.4. The summed E-state index contributed by atoms with van der Waals surface area (Å²) in [6.45, 7) is 2.05. The third kappa shape index (κ3) is 5.41. The summed E-state index contributed by atoms with van der Waals surface area (Å²) in [5.74, 6) is 1.84. The first kappa shape index (κ1) is 23.8. The largest absolute Gasteiger partial charge is 0.416 e. The van der Waals surface area contributed by atoms with Crippen LogP contribution < -0.4 is 21.3 Å². The number of hydrogen-bond donors (Lipinski definition) is 3. The van der Waals surface area contributed by atoms with Crippen molar-refractivity contribution in [2.24, 2.45) is 0 Å². The van der Waals surface area contributed by atoms with E-state index >= 15 is 0 Å². The van der Waals surface area contributed by atoms with Gasteiger partial charge in [0.15, 0.2) is 0 Å². The average molecular weight is 476 g/mol. The Morgan fingerprint density at radius 1 is 1.15 bits per heavy atom.